The molecule has 2 saturated heterocycles. The average Bonchev–Trinajstić information content (AvgIpc) is 2.38. The molecule has 3 amide bonds. The lowest BCUT2D eigenvalue weighted by Crippen LogP contribution is -2.68. The van der Waals surface area contributed by atoms with Crippen molar-refractivity contribution in [3.8, 4) is 12.3 Å². The molecule has 2 aliphatic heterocycles. The number of carbonyl (C=O) groups excluding carboxylic acids is 2. The van der Waals surface area contributed by atoms with E-state index in [-0.39, 0.29) is 29.6 Å². The molecule has 1 spiro atoms. The maximum atomic E-state index is 12.6. The van der Waals surface area contributed by atoms with Crippen LogP contribution in [-0.4, -0.2) is 40.0 Å². The Labute approximate surface area is 114 Å². The van der Waals surface area contributed by atoms with E-state index in [1.807, 2.05) is 27.7 Å². The van der Waals surface area contributed by atoms with Gasteiger partial charge >= 0.3 is 6.03 Å². The highest BCUT2D eigenvalue weighted by Gasteiger charge is 2.58. The van der Waals surface area contributed by atoms with Gasteiger partial charge in [-0.1, -0.05) is 5.92 Å². The minimum absolute atomic E-state index is 0.0285. The second kappa shape index (κ2) is 3.97. The SMILES string of the molecule is C#CCN1C(=O)NC2(CC(C)(C)NC(C)(C)C2)C1=O. The van der Waals surface area contributed by atoms with Crippen LogP contribution >= 0.6 is 0 Å². The summed E-state index contributed by atoms with van der Waals surface area (Å²) >= 11 is 0. The molecular formula is C14H21N3O2. The number of piperidine rings is 1. The maximum absolute atomic E-state index is 12.6. The van der Waals surface area contributed by atoms with Crippen LogP contribution in [0, 0.1) is 12.3 Å². The van der Waals surface area contributed by atoms with Crippen LogP contribution in [0.2, 0.25) is 0 Å². The number of rotatable bonds is 1. The van der Waals surface area contributed by atoms with Gasteiger partial charge < -0.3 is 10.6 Å². The van der Waals surface area contributed by atoms with Gasteiger partial charge in [0, 0.05) is 11.1 Å². The summed E-state index contributed by atoms with van der Waals surface area (Å²) < 4.78 is 0. The molecule has 0 aromatic heterocycles. The molecule has 5 heteroatoms. The quantitative estimate of drug-likeness (QED) is 0.544. The molecule has 0 bridgehead atoms. The normalized spacial score (nSPS) is 27.2. The molecule has 0 atom stereocenters. The summed E-state index contributed by atoms with van der Waals surface area (Å²) in [6.07, 6.45) is 6.35. The van der Waals surface area contributed by atoms with Crippen molar-refractivity contribution in [2.75, 3.05) is 6.54 Å². The Morgan fingerprint density at radius 1 is 1.21 bits per heavy atom. The van der Waals surface area contributed by atoms with Crippen LogP contribution in [0.15, 0.2) is 0 Å². The molecule has 104 valence electrons. The molecule has 0 aromatic carbocycles. The van der Waals surface area contributed by atoms with Crippen LogP contribution in [0.5, 0.6) is 0 Å². The fraction of sp³-hybridized carbons (Fsp3) is 0.714. The van der Waals surface area contributed by atoms with E-state index in [1.165, 1.54) is 0 Å². The topological polar surface area (TPSA) is 61.4 Å². The zero-order valence-corrected chi connectivity index (χ0v) is 12.0. The van der Waals surface area contributed by atoms with Crippen molar-refractivity contribution in [2.45, 2.75) is 57.2 Å². The molecule has 2 aliphatic rings. The molecule has 19 heavy (non-hydrogen) atoms. The Kier molecular flexibility index (Phi) is 2.90. The van der Waals surface area contributed by atoms with E-state index in [2.05, 4.69) is 16.6 Å². The molecular weight excluding hydrogens is 242 g/mol. The lowest BCUT2D eigenvalue weighted by atomic mass is 9.71. The zero-order valence-electron chi connectivity index (χ0n) is 12.0. The number of nitrogens with zero attached hydrogens (tertiary/aromatic N) is 1. The molecule has 5 nitrogen and oxygen atoms in total. The number of amides is 3. The van der Waals surface area contributed by atoms with Crippen molar-refractivity contribution in [2.24, 2.45) is 0 Å². The highest BCUT2D eigenvalue weighted by Crippen LogP contribution is 2.39. The van der Waals surface area contributed by atoms with Crippen molar-refractivity contribution >= 4 is 11.9 Å². The van der Waals surface area contributed by atoms with Crippen LogP contribution in [0.25, 0.3) is 0 Å². The number of carbonyl (C=O) groups is 2. The van der Waals surface area contributed by atoms with Gasteiger partial charge in [0.1, 0.15) is 5.54 Å². The van der Waals surface area contributed by atoms with E-state index in [9.17, 15) is 9.59 Å². The number of urea groups is 1. The van der Waals surface area contributed by atoms with Crippen LogP contribution in [-0.2, 0) is 4.79 Å². The summed E-state index contributed by atoms with van der Waals surface area (Å²) in [4.78, 5) is 25.7. The summed E-state index contributed by atoms with van der Waals surface area (Å²) in [5.74, 6) is 2.17. The minimum Gasteiger partial charge on any atom is -0.323 e. The summed E-state index contributed by atoms with van der Waals surface area (Å²) in [6.45, 7) is 8.19. The van der Waals surface area contributed by atoms with Gasteiger partial charge in [-0.2, -0.15) is 0 Å². The third-order valence-corrected chi connectivity index (χ3v) is 3.66. The smallest absolute Gasteiger partial charge is 0.323 e. The predicted octanol–water partition coefficient (Wildman–Crippen LogP) is 0.851. The molecule has 0 unspecified atom stereocenters. The first-order valence-electron chi connectivity index (χ1n) is 6.48. The first-order chi connectivity index (χ1) is 8.61. The van der Waals surface area contributed by atoms with Crippen molar-refractivity contribution in [1.82, 2.24) is 15.5 Å². The van der Waals surface area contributed by atoms with E-state index in [0.29, 0.717) is 12.8 Å². The standard InChI is InChI=1S/C14H21N3O2/c1-6-7-17-10(18)14(15-11(17)19)8-12(2,3)16-13(4,5)9-14/h1,16H,7-9H2,2-5H3,(H,15,19). The van der Waals surface area contributed by atoms with Gasteiger partial charge in [0.2, 0.25) is 0 Å². The molecule has 2 rings (SSSR count). The number of imide groups is 1. The molecule has 2 fully saturated rings. The van der Waals surface area contributed by atoms with Crippen molar-refractivity contribution < 1.29 is 9.59 Å². The van der Waals surface area contributed by atoms with Crippen molar-refractivity contribution in [1.29, 1.82) is 0 Å². The van der Waals surface area contributed by atoms with Crippen LogP contribution in [0.3, 0.4) is 0 Å². The van der Waals surface area contributed by atoms with E-state index in [4.69, 9.17) is 6.42 Å². The van der Waals surface area contributed by atoms with E-state index in [0.717, 1.165) is 4.90 Å². The Hall–Kier alpha value is -1.54. The molecule has 0 aromatic rings. The third kappa shape index (κ3) is 2.33. The fourth-order valence-corrected chi connectivity index (χ4v) is 3.73. The number of hydrogen-bond acceptors (Lipinski definition) is 3. The highest BCUT2D eigenvalue weighted by molar-refractivity contribution is 6.07. The van der Waals surface area contributed by atoms with E-state index >= 15 is 0 Å². The molecule has 2 heterocycles. The number of terminal acetylenes is 1. The highest BCUT2D eigenvalue weighted by atomic mass is 16.2. The minimum atomic E-state index is -0.827. The second-order valence-electron chi connectivity index (χ2n) is 6.85. The van der Waals surface area contributed by atoms with Gasteiger partial charge in [-0.15, -0.1) is 6.42 Å². The summed E-state index contributed by atoms with van der Waals surface area (Å²) in [5.41, 5.74) is -1.28. The second-order valence-corrected chi connectivity index (χ2v) is 6.85. The summed E-state index contributed by atoms with van der Waals surface area (Å²) in [7, 11) is 0. The van der Waals surface area contributed by atoms with Crippen LogP contribution in [0.4, 0.5) is 4.79 Å². The maximum Gasteiger partial charge on any atom is 0.325 e. The number of hydrogen-bond donors (Lipinski definition) is 2. The van der Waals surface area contributed by atoms with E-state index < -0.39 is 5.54 Å². The summed E-state index contributed by atoms with van der Waals surface area (Å²) in [5, 5.41) is 6.37. The predicted molar refractivity (Wildman–Crippen MR) is 72.3 cm³/mol. The lowest BCUT2D eigenvalue weighted by Gasteiger charge is -2.50. The largest absolute Gasteiger partial charge is 0.325 e. The van der Waals surface area contributed by atoms with Gasteiger partial charge in [0.05, 0.1) is 6.54 Å². The van der Waals surface area contributed by atoms with Crippen LogP contribution in [0.1, 0.15) is 40.5 Å². The Morgan fingerprint density at radius 3 is 2.21 bits per heavy atom. The van der Waals surface area contributed by atoms with Crippen LogP contribution < -0.4 is 10.6 Å². The zero-order chi connectivity index (χ0) is 14.5. The first-order valence-corrected chi connectivity index (χ1v) is 6.48. The Morgan fingerprint density at radius 2 is 1.74 bits per heavy atom. The monoisotopic (exact) mass is 263 g/mol. The van der Waals surface area contributed by atoms with Crippen molar-refractivity contribution in [3.63, 3.8) is 0 Å². The third-order valence-electron chi connectivity index (χ3n) is 3.66. The first kappa shape index (κ1) is 13.9. The Balaban J connectivity index is 2.36. The number of nitrogens with one attached hydrogen (secondary N) is 2. The average molecular weight is 263 g/mol. The van der Waals surface area contributed by atoms with Gasteiger partial charge in [0.15, 0.2) is 0 Å². The molecule has 2 N–H and O–H groups in total. The molecule has 0 radical (unpaired) electrons. The van der Waals surface area contributed by atoms with Gasteiger partial charge in [-0.25, -0.2) is 4.79 Å². The Bertz CT molecular complexity index is 458. The van der Waals surface area contributed by atoms with Gasteiger partial charge in [0.25, 0.3) is 5.91 Å². The summed E-state index contributed by atoms with van der Waals surface area (Å²) in [6, 6.07) is -0.378. The van der Waals surface area contributed by atoms with Crippen molar-refractivity contribution in [3.05, 3.63) is 0 Å². The van der Waals surface area contributed by atoms with E-state index in [1.54, 1.807) is 0 Å². The lowest BCUT2D eigenvalue weighted by molar-refractivity contribution is -0.134. The van der Waals surface area contributed by atoms with Gasteiger partial charge in [-0.05, 0) is 40.5 Å². The molecule has 0 saturated carbocycles. The fourth-order valence-electron chi connectivity index (χ4n) is 3.73. The molecule has 0 aliphatic carbocycles. The van der Waals surface area contributed by atoms with Gasteiger partial charge in [-0.3, -0.25) is 9.69 Å².